The van der Waals surface area contributed by atoms with Gasteiger partial charge in [-0.3, -0.25) is 14.3 Å². The lowest BCUT2D eigenvalue weighted by Gasteiger charge is -2.34. The molecule has 1 aliphatic heterocycles. The van der Waals surface area contributed by atoms with Crippen LogP contribution in [-0.4, -0.2) is 61.7 Å². The normalized spacial score (nSPS) is 14.7. The molecule has 1 saturated heterocycles. The predicted molar refractivity (Wildman–Crippen MR) is 101 cm³/mol. The van der Waals surface area contributed by atoms with Crippen LogP contribution in [-0.2, 0) is 4.79 Å². The minimum Gasteiger partial charge on any atom is -0.352 e. The number of nitrogens with zero attached hydrogens (tertiary/aromatic N) is 7. The van der Waals surface area contributed by atoms with Gasteiger partial charge < -0.3 is 9.80 Å². The minimum atomic E-state index is 0.0139. The molecular weight excluding hydrogens is 342 g/mol. The zero-order chi connectivity index (χ0) is 18.5. The van der Waals surface area contributed by atoms with Gasteiger partial charge in [0.1, 0.15) is 6.33 Å². The van der Waals surface area contributed by atoms with Gasteiger partial charge in [0.25, 0.3) is 0 Å². The van der Waals surface area contributed by atoms with Crippen molar-refractivity contribution >= 4 is 17.8 Å². The Morgan fingerprint density at radius 3 is 2.44 bits per heavy atom. The molecule has 8 nitrogen and oxygen atoms in total. The van der Waals surface area contributed by atoms with Gasteiger partial charge in [0, 0.05) is 57.0 Å². The SMILES string of the molecule is O=C(/C=C/c1cccnc1)N1CCN(c2ccc(-n3ccnc3)nn2)CC1. The minimum absolute atomic E-state index is 0.0139. The number of carbonyl (C=O) groups excluding carboxylic acids is 1. The topological polar surface area (TPSA) is 80.0 Å². The van der Waals surface area contributed by atoms with Crippen LogP contribution in [0.1, 0.15) is 5.56 Å². The van der Waals surface area contributed by atoms with Crippen molar-refractivity contribution in [2.45, 2.75) is 0 Å². The number of aromatic nitrogens is 5. The van der Waals surface area contributed by atoms with Crippen molar-refractivity contribution in [2.24, 2.45) is 0 Å². The molecule has 0 N–H and O–H groups in total. The molecular formula is C19H19N7O. The first-order valence-corrected chi connectivity index (χ1v) is 8.73. The highest BCUT2D eigenvalue weighted by atomic mass is 16.2. The third-order valence-corrected chi connectivity index (χ3v) is 4.42. The van der Waals surface area contributed by atoms with Crippen LogP contribution in [0.2, 0.25) is 0 Å². The van der Waals surface area contributed by atoms with E-state index >= 15 is 0 Å². The Kier molecular flexibility index (Phi) is 4.86. The van der Waals surface area contributed by atoms with E-state index in [9.17, 15) is 4.79 Å². The van der Waals surface area contributed by atoms with Crippen LogP contribution in [0.25, 0.3) is 11.9 Å². The quantitative estimate of drug-likeness (QED) is 0.654. The summed E-state index contributed by atoms with van der Waals surface area (Å²) in [6.45, 7) is 2.76. The molecule has 0 saturated carbocycles. The maximum absolute atomic E-state index is 12.4. The molecule has 8 heteroatoms. The van der Waals surface area contributed by atoms with E-state index in [0.717, 1.165) is 30.3 Å². The van der Waals surface area contributed by atoms with Crippen molar-refractivity contribution in [3.8, 4) is 5.82 Å². The second kappa shape index (κ2) is 7.77. The smallest absolute Gasteiger partial charge is 0.246 e. The highest BCUT2D eigenvalue weighted by molar-refractivity contribution is 5.91. The molecule has 1 fully saturated rings. The Labute approximate surface area is 156 Å². The van der Waals surface area contributed by atoms with Gasteiger partial charge in [0.15, 0.2) is 11.6 Å². The van der Waals surface area contributed by atoms with E-state index in [1.807, 2.05) is 39.9 Å². The average Bonchev–Trinajstić information content (AvgIpc) is 3.28. The highest BCUT2D eigenvalue weighted by Gasteiger charge is 2.20. The van der Waals surface area contributed by atoms with E-state index < -0.39 is 0 Å². The fraction of sp³-hybridized carbons (Fsp3) is 0.211. The zero-order valence-corrected chi connectivity index (χ0v) is 14.7. The highest BCUT2D eigenvalue weighted by Crippen LogP contribution is 2.14. The molecule has 4 rings (SSSR count). The van der Waals surface area contributed by atoms with Crippen LogP contribution in [0.5, 0.6) is 0 Å². The van der Waals surface area contributed by atoms with Gasteiger partial charge in [-0.2, -0.15) is 0 Å². The van der Waals surface area contributed by atoms with E-state index in [2.05, 4.69) is 25.1 Å². The summed E-state index contributed by atoms with van der Waals surface area (Å²) in [5, 5.41) is 8.55. The van der Waals surface area contributed by atoms with E-state index in [1.54, 1.807) is 37.1 Å². The average molecular weight is 361 g/mol. The molecule has 3 aromatic heterocycles. The van der Waals surface area contributed by atoms with Crippen molar-refractivity contribution in [1.29, 1.82) is 0 Å². The van der Waals surface area contributed by atoms with Gasteiger partial charge in [-0.25, -0.2) is 4.98 Å². The number of hydrogen-bond donors (Lipinski definition) is 0. The van der Waals surface area contributed by atoms with Crippen LogP contribution in [0.3, 0.4) is 0 Å². The van der Waals surface area contributed by atoms with E-state index in [0.29, 0.717) is 13.1 Å². The second-order valence-electron chi connectivity index (χ2n) is 6.15. The Balaban J connectivity index is 1.33. The number of imidazole rings is 1. The molecule has 0 spiro atoms. The van der Waals surface area contributed by atoms with Crippen LogP contribution in [0.4, 0.5) is 5.82 Å². The summed E-state index contributed by atoms with van der Waals surface area (Å²) in [6, 6.07) is 7.63. The van der Waals surface area contributed by atoms with Gasteiger partial charge in [-0.1, -0.05) is 6.07 Å². The molecule has 0 radical (unpaired) electrons. The maximum atomic E-state index is 12.4. The van der Waals surface area contributed by atoms with Gasteiger partial charge in [-0.15, -0.1) is 10.2 Å². The van der Waals surface area contributed by atoms with Crippen LogP contribution < -0.4 is 4.90 Å². The fourth-order valence-electron chi connectivity index (χ4n) is 2.92. The molecule has 136 valence electrons. The fourth-order valence-corrected chi connectivity index (χ4v) is 2.92. The van der Waals surface area contributed by atoms with Crippen LogP contribution >= 0.6 is 0 Å². The molecule has 1 aliphatic rings. The Morgan fingerprint density at radius 1 is 0.963 bits per heavy atom. The molecule has 1 amide bonds. The third kappa shape index (κ3) is 4.00. The third-order valence-electron chi connectivity index (χ3n) is 4.42. The van der Waals surface area contributed by atoms with Crippen molar-refractivity contribution in [1.82, 2.24) is 29.6 Å². The van der Waals surface area contributed by atoms with Crippen molar-refractivity contribution in [3.05, 3.63) is 67.0 Å². The zero-order valence-electron chi connectivity index (χ0n) is 14.7. The molecule has 27 heavy (non-hydrogen) atoms. The summed E-state index contributed by atoms with van der Waals surface area (Å²) >= 11 is 0. The van der Waals surface area contributed by atoms with Crippen LogP contribution in [0, 0.1) is 0 Å². The number of pyridine rings is 1. The Morgan fingerprint density at radius 2 is 1.78 bits per heavy atom. The Hall–Kier alpha value is -3.55. The summed E-state index contributed by atoms with van der Waals surface area (Å²) < 4.78 is 1.81. The summed E-state index contributed by atoms with van der Waals surface area (Å²) in [7, 11) is 0. The van der Waals surface area contributed by atoms with Crippen molar-refractivity contribution in [3.63, 3.8) is 0 Å². The van der Waals surface area contributed by atoms with Crippen molar-refractivity contribution in [2.75, 3.05) is 31.1 Å². The summed E-state index contributed by atoms with van der Waals surface area (Å²) in [5.41, 5.74) is 0.915. The number of amides is 1. The largest absolute Gasteiger partial charge is 0.352 e. The van der Waals surface area contributed by atoms with Crippen molar-refractivity contribution < 1.29 is 4.79 Å². The van der Waals surface area contributed by atoms with E-state index in [-0.39, 0.29) is 5.91 Å². The summed E-state index contributed by atoms with van der Waals surface area (Å²) in [4.78, 5) is 24.4. The predicted octanol–water partition coefficient (Wildman–Crippen LogP) is 1.42. The van der Waals surface area contributed by atoms with Crippen LogP contribution in [0.15, 0.2) is 61.5 Å². The number of rotatable bonds is 4. The second-order valence-corrected chi connectivity index (χ2v) is 6.15. The molecule has 0 atom stereocenters. The molecule has 3 aromatic rings. The molecule has 0 unspecified atom stereocenters. The molecule has 0 bridgehead atoms. The first-order chi connectivity index (χ1) is 13.3. The number of piperazine rings is 1. The summed E-state index contributed by atoms with van der Waals surface area (Å²) in [5.74, 6) is 1.56. The Bertz CT molecular complexity index is 899. The van der Waals surface area contributed by atoms with Gasteiger partial charge in [0.05, 0.1) is 0 Å². The van der Waals surface area contributed by atoms with Gasteiger partial charge in [-0.05, 0) is 29.8 Å². The molecule has 0 aromatic carbocycles. The first-order valence-electron chi connectivity index (χ1n) is 8.73. The number of anilines is 1. The first kappa shape index (κ1) is 16.9. The number of hydrogen-bond acceptors (Lipinski definition) is 6. The lowest BCUT2D eigenvalue weighted by molar-refractivity contribution is -0.126. The standard InChI is InChI=1S/C19H19N7O/c27-19(6-3-16-2-1-7-20-14-16)25-12-10-24(11-13-25)17-4-5-18(23-22-17)26-9-8-21-15-26/h1-9,14-15H,10-13H2/b6-3+. The van der Waals surface area contributed by atoms with Gasteiger partial charge >= 0.3 is 0 Å². The van der Waals surface area contributed by atoms with Gasteiger partial charge in [0.2, 0.25) is 5.91 Å². The molecule has 0 aliphatic carbocycles. The lowest BCUT2D eigenvalue weighted by atomic mass is 10.2. The van der Waals surface area contributed by atoms with E-state index in [4.69, 9.17) is 0 Å². The number of carbonyl (C=O) groups is 1. The monoisotopic (exact) mass is 361 g/mol. The molecule has 4 heterocycles. The summed E-state index contributed by atoms with van der Waals surface area (Å²) in [6.07, 6.45) is 12.1. The van der Waals surface area contributed by atoms with E-state index in [1.165, 1.54) is 0 Å². The maximum Gasteiger partial charge on any atom is 0.246 e. The lowest BCUT2D eigenvalue weighted by Crippen LogP contribution is -2.48.